The molecule has 1 atom stereocenters. The van der Waals surface area contributed by atoms with Crippen LogP contribution in [-0.2, 0) is 9.84 Å². The van der Waals surface area contributed by atoms with Gasteiger partial charge in [0.15, 0.2) is 9.84 Å². The summed E-state index contributed by atoms with van der Waals surface area (Å²) in [4.78, 5) is 1.72. The molecule has 1 heterocycles. The molecule has 1 saturated heterocycles. The maximum Gasteiger partial charge on any atom is 0.175 e. The molecular weight excluding hydrogens is 257 g/mol. The molecule has 1 N–H and O–H groups in total. The summed E-state index contributed by atoms with van der Waals surface area (Å²) in [6, 6.07) is 3.89. The van der Waals surface area contributed by atoms with Crippen LogP contribution in [0, 0.1) is 5.82 Å². The molecule has 4 nitrogen and oxygen atoms in total. The standard InChI is InChI=1S/C12H16FNO3S/c1-18(16,17)10-4-5-12(11(13)7-10)14-6-2-3-9(15)8-14/h4-5,7,9,15H,2-3,6,8H2,1H3. The van der Waals surface area contributed by atoms with E-state index in [1.807, 2.05) is 0 Å². The molecule has 1 aliphatic rings. The highest BCUT2D eigenvalue weighted by Crippen LogP contribution is 2.25. The van der Waals surface area contributed by atoms with E-state index in [-0.39, 0.29) is 4.90 Å². The molecule has 1 aromatic carbocycles. The normalized spacial score (nSPS) is 21.1. The third-order valence-corrected chi connectivity index (χ3v) is 4.19. The first-order valence-corrected chi connectivity index (χ1v) is 7.69. The smallest absolute Gasteiger partial charge is 0.175 e. The Morgan fingerprint density at radius 3 is 2.72 bits per heavy atom. The van der Waals surface area contributed by atoms with Crippen molar-refractivity contribution in [2.75, 3.05) is 24.2 Å². The maximum atomic E-state index is 13.9. The van der Waals surface area contributed by atoms with Crippen LogP contribution in [0.4, 0.5) is 10.1 Å². The molecule has 0 radical (unpaired) electrons. The van der Waals surface area contributed by atoms with Crippen molar-refractivity contribution in [3.05, 3.63) is 24.0 Å². The zero-order chi connectivity index (χ0) is 13.3. The van der Waals surface area contributed by atoms with E-state index in [9.17, 15) is 17.9 Å². The van der Waals surface area contributed by atoms with Gasteiger partial charge in [-0.05, 0) is 31.0 Å². The number of hydrogen-bond donors (Lipinski definition) is 1. The van der Waals surface area contributed by atoms with Gasteiger partial charge in [0.05, 0.1) is 16.7 Å². The number of rotatable bonds is 2. The lowest BCUT2D eigenvalue weighted by Gasteiger charge is -2.32. The van der Waals surface area contributed by atoms with Crippen LogP contribution in [0.1, 0.15) is 12.8 Å². The van der Waals surface area contributed by atoms with Gasteiger partial charge in [0.2, 0.25) is 0 Å². The second-order valence-electron chi connectivity index (χ2n) is 4.63. The largest absolute Gasteiger partial charge is 0.391 e. The molecule has 0 bridgehead atoms. The number of halogens is 1. The van der Waals surface area contributed by atoms with Crippen molar-refractivity contribution in [1.82, 2.24) is 0 Å². The van der Waals surface area contributed by atoms with Gasteiger partial charge in [0.25, 0.3) is 0 Å². The van der Waals surface area contributed by atoms with E-state index in [4.69, 9.17) is 0 Å². The van der Waals surface area contributed by atoms with E-state index < -0.39 is 21.8 Å². The van der Waals surface area contributed by atoms with Gasteiger partial charge < -0.3 is 10.0 Å². The van der Waals surface area contributed by atoms with Crippen LogP contribution in [0.15, 0.2) is 23.1 Å². The van der Waals surface area contributed by atoms with Crippen LogP contribution < -0.4 is 4.90 Å². The van der Waals surface area contributed by atoms with Crippen molar-refractivity contribution in [2.24, 2.45) is 0 Å². The van der Waals surface area contributed by atoms with E-state index in [1.165, 1.54) is 12.1 Å². The van der Waals surface area contributed by atoms with Gasteiger partial charge in [0, 0.05) is 19.3 Å². The Balaban J connectivity index is 2.30. The lowest BCUT2D eigenvalue weighted by molar-refractivity contribution is 0.154. The Hall–Kier alpha value is -1.14. The van der Waals surface area contributed by atoms with Gasteiger partial charge >= 0.3 is 0 Å². The molecule has 1 fully saturated rings. The number of piperidine rings is 1. The van der Waals surface area contributed by atoms with Gasteiger partial charge in [-0.25, -0.2) is 12.8 Å². The zero-order valence-corrected chi connectivity index (χ0v) is 11.0. The molecule has 2 rings (SSSR count). The summed E-state index contributed by atoms with van der Waals surface area (Å²) < 4.78 is 36.5. The van der Waals surface area contributed by atoms with E-state index in [2.05, 4.69) is 0 Å². The summed E-state index contributed by atoms with van der Waals surface area (Å²) in [6.45, 7) is 1.06. The fraction of sp³-hybridized carbons (Fsp3) is 0.500. The van der Waals surface area contributed by atoms with Crippen molar-refractivity contribution in [1.29, 1.82) is 0 Å². The first-order chi connectivity index (χ1) is 8.38. The van der Waals surface area contributed by atoms with Gasteiger partial charge in [-0.1, -0.05) is 0 Å². The third kappa shape index (κ3) is 2.81. The van der Waals surface area contributed by atoms with Crippen molar-refractivity contribution in [2.45, 2.75) is 23.8 Å². The minimum absolute atomic E-state index is 0.0266. The van der Waals surface area contributed by atoms with Crippen molar-refractivity contribution in [3.8, 4) is 0 Å². The average molecular weight is 273 g/mol. The molecule has 0 aromatic heterocycles. The van der Waals surface area contributed by atoms with Gasteiger partial charge in [-0.15, -0.1) is 0 Å². The van der Waals surface area contributed by atoms with Crippen LogP contribution in [0.5, 0.6) is 0 Å². The van der Waals surface area contributed by atoms with Crippen molar-refractivity contribution < 1.29 is 17.9 Å². The number of aliphatic hydroxyl groups is 1. The molecule has 100 valence electrons. The summed E-state index contributed by atoms with van der Waals surface area (Å²) in [5.41, 5.74) is 0.348. The molecule has 0 saturated carbocycles. The SMILES string of the molecule is CS(=O)(=O)c1ccc(N2CCCC(O)C2)c(F)c1. The van der Waals surface area contributed by atoms with Crippen molar-refractivity contribution in [3.63, 3.8) is 0 Å². The number of benzene rings is 1. The molecule has 18 heavy (non-hydrogen) atoms. The highest BCUT2D eigenvalue weighted by atomic mass is 32.2. The van der Waals surface area contributed by atoms with Crippen LogP contribution >= 0.6 is 0 Å². The van der Waals surface area contributed by atoms with Gasteiger partial charge in [-0.2, -0.15) is 0 Å². The van der Waals surface area contributed by atoms with Crippen LogP contribution in [0.3, 0.4) is 0 Å². The summed E-state index contributed by atoms with van der Waals surface area (Å²) in [5, 5.41) is 9.56. The molecule has 0 aliphatic carbocycles. The molecule has 1 unspecified atom stereocenters. The van der Waals surface area contributed by atoms with Crippen molar-refractivity contribution >= 4 is 15.5 Å². The Bertz CT molecular complexity index is 544. The maximum absolute atomic E-state index is 13.9. The first-order valence-electron chi connectivity index (χ1n) is 5.80. The monoisotopic (exact) mass is 273 g/mol. The van der Waals surface area contributed by atoms with Crippen LogP contribution in [-0.4, -0.2) is 39.0 Å². The fourth-order valence-corrected chi connectivity index (χ4v) is 2.78. The summed E-state index contributed by atoms with van der Waals surface area (Å²) in [6.07, 6.45) is 2.12. The molecule has 0 amide bonds. The molecule has 0 spiro atoms. The molecule has 6 heteroatoms. The van der Waals surface area contributed by atoms with E-state index in [0.717, 1.165) is 25.2 Å². The minimum Gasteiger partial charge on any atom is -0.391 e. The molecular formula is C12H16FNO3S. The van der Waals surface area contributed by atoms with Crippen LogP contribution in [0.2, 0.25) is 0 Å². The van der Waals surface area contributed by atoms with Gasteiger partial charge in [0.1, 0.15) is 5.82 Å². The average Bonchev–Trinajstić information content (AvgIpc) is 2.27. The minimum atomic E-state index is -3.39. The lowest BCUT2D eigenvalue weighted by atomic mass is 10.1. The number of aliphatic hydroxyl groups excluding tert-OH is 1. The Morgan fingerprint density at radius 2 is 2.17 bits per heavy atom. The Morgan fingerprint density at radius 1 is 1.44 bits per heavy atom. The topological polar surface area (TPSA) is 57.6 Å². The number of anilines is 1. The van der Waals surface area contributed by atoms with E-state index in [1.54, 1.807) is 4.90 Å². The number of nitrogens with zero attached hydrogens (tertiary/aromatic N) is 1. The zero-order valence-electron chi connectivity index (χ0n) is 10.1. The first kappa shape index (κ1) is 13.3. The predicted octanol–water partition coefficient (Wildman–Crippen LogP) is 1.19. The molecule has 1 aliphatic heterocycles. The summed E-state index contributed by atoms with van der Waals surface area (Å²) in [7, 11) is -3.39. The third-order valence-electron chi connectivity index (χ3n) is 3.08. The van der Waals surface area contributed by atoms with Crippen LogP contribution in [0.25, 0.3) is 0 Å². The van der Waals surface area contributed by atoms with E-state index >= 15 is 0 Å². The Labute approximate surface area is 106 Å². The summed E-state index contributed by atoms with van der Waals surface area (Å²) >= 11 is 0. The quantitative estimate of drug-likeness (QED) is 0.879. The van der Waals surface area contributed by atoms with E-state index in [0.29, 0.717) is 18.8 Å². The predicted molar refractivity (Wildman–Crippen MR) is 67.0 cm³/mol. The second-order valence-corrected chi connectivity index (χ2v) is 6.64. The van der Waals surface area contributed by atoms with Gasteiger partial charge in [-0.3, -0.25) is 0 Å². The second kappa shape index (κ2) is 4.85. The number of sulfone groups is 1. The summed E-state index contributed by atoms with van der Waals surface area (Å²) in [5.74, 6) is -0.563. The number of hydrogen-bond acceptors (Lipinski definition) is 4. The lowest BCUT2D eigenvalue weighted by Crippen LogP contribution is -2.38. The number of β-amino-alcohol motifs (C(OH)–C–C–N with tert-alkyl or cyclic N) is 1. The molecule has 1 aromatic rings. The Kier molecular flexibility index (Phi) is 3.59. The highest BCUT2D eigenvalue weighted by Gasteiger charge is 2.21. The fourth-order valence-electron chi connectivity index (χ4n) is 2.15. The highest BCUT2D eigenvalue weighted by molar-refractivity contribution is 7.90.